The first-order valence-electron chi connectivity index (χ1n) is 5.34. The van der Waals surface area contributed by atoms with Gasteiger partial charge in [0.2, 0.25) is 0 Å². The predicted molar refractivity (Wildman–Crippen MR) is 67.3 cm³/mol. The maximum absolute atomic E-state index is 11.0. The van der Waals surface area contributed by atoms with Crippen LogP contribution >= 0.6 is 0 Å². The van der Waals surface area contributed by atoms with E-state index in [-0.39, 0.29) is 22.7 Å². The number of aromatic hydroxyl groups is 2. The summed E-state index contributed by atoms with van der Waals surface area (Å²) in [6, 6.07) is 10.1. The first-order valence-corrected chi connectivity index (χ1v) is 5.34. The summed E-state index contributed by atoms with van der Waals surface area (Å²) in [7, 11) is 0. The molecule has 0 heterocycles. The van der Waals surface area contributed by atoms with Crippen molar-refractivity contribution in [2.45, 2.75) is 0 Å². The number of azo groups is 1. The van der Waals surface area contributed by atoms with Gasteiger partial charge in [0.1, 0.15) is 5.69 Å². The zero-order chi connectivity index (χ0) is 13.8. The first-order chi connectivity index (χ1) is 9.08. The Kier molecular flexibility index (Phi) is 3.42. The molecule has 2 rings (SSSR count). The van der Waals surface area contributed by atoms with Crippen molar-refractivity contribution in [2.24, 2.45) is 10.2 Å². The van der Waals surface area contributed by atoms with E-state index >= 15 is 0 Å². The molecule has 0 fully saturated rings. The van der Waals surface area contributed by atoms with E-state index in [0.29, 0.717) is 5.69 Å². The molecule has 0 aliphatic rings. The van der Waals surface area contributed by atoms with Crippen molar-refractivity contribution < 1.29 is 20.1 Å². The Balaban J connectivity index is 2.32. The number of aromatic carboxylic acids is 1. The average Bonchev–Trinajstić information content (AvgIpc) is 2.40. The highest BCUT2D eigenvalue weighted by Crippen LogP contribution is 2.30. The fraction of sp³-hybridized carbons (Fsp3) is 0. The maximum Gasteiger partial charge on any atom is 0.337 e. The molecule has 19 heavy (non-hydrogen) atoms. The molecule has 0 aromatic heterocycles. The van der Waals surface area contributed by atoms with E-state index in [2.05, 4.69) is 10.2 Å². The molecule has 0 atom stereocenters. The third-order valence-electron chi connectivity index (χ3n) is 2.37. The largest absolute Gasteiger partial charge is 0.504 e. The van der Waals surface area contributed by atoms with Gasteiger partial charge in [-0.2, -0.15) is 5.11 Å². The second-order valence-electron chi connectivity index (χ2n) is 3.70. The van der Waals surface area contributed by atoms with Crippen LogP contribution in [0.25, 0.3) is 0 Å². The molecule has 2 aromatic rings. The Bertz CT molecular complexity index is 653. The molecule has 6 nitrogen and oxygen atoms in total. The van der Waals surface area contributed by atoms with Crippen LogP contribution in [0.5, 0.6) is 11.5 Å². The molecule has 0 aliphatic carbocycles. The normalized spacial score (nSPS) is 10.7. The zero-order valence-electron chi connectivity index (χ0n) is 9.69. The molecule has 0 bridgehead atoms. The summed E-state index contributed by atoms with van der Waals surface area (Å²) >= 11 is 0. The lowest BCUT2D eigenvalue weighted by Gasteiger charge is -1.99. The van der Waals surface area contributed by atoms with Crippen molar-refractivity contribution >= 4 is 17.3 Å². The van der Waals surface area contributed by atoms with Crippen LogP contribution in [0.3, 0.4) is 0 Å². The summed E-state index contributed by atoms with van der Waals surface area (Å²) in [5.74, 6) is -1.67. The van der Waals surface area contributed by atoms with E-state index in [0.717, 1.165) is 0 Å². The van der Waals surface area contributed by atoms with E-state index in [1.54, 1.807) is 12.1 Å². The van der Waals surface area contributed by atoms with Crippen LogP contribution in [0.1, 0.15) is 10.4 Å². The Labute approximate surface area is 108 Å². The van der Waals surface area contributed by atoms with Crippen LogP contribution in [0.4, 0.5) is 11.4 Å². The SMILES string of the molecule is O=C(O)c1ccccc1N=Nc1ccc(O)c(O)c1. The first kappa shape index (κ1) is 12.6. The minimum atomic E-state index is -1.09. The topological polar surface area (TPSA) is 102 Å². The Morgan fingerprint density at radius 2 is 1.68 bits per heavy atom. The highest BCUT2D eigenvalue weighted by molar-refractivity contribution is 5.93. The Hall–Kier alpha value is -2.89. The van der Waals surface area contributed by atoms with Crippen LogP contribution in [0.15, 0.2) is 52.7 Å². The number of hydrogen-bond acceptors (Lipinski definition) is 5. The summed E-state index contributed by atoms with van der Waals surface area (Å²) in [5, 5.41) is 35.0. The minimum Gasteiger partial charge on any atom is -0.504 e. The molecule has 0 amide bonds. The van der Waals surface area contributed by atoms with Gasteiger partial charge in [0.05, 0.1) is 11.3 Å². The average molecular weight is 258 g/mol. The molecule has 6 heteroatoms. The van der Waals surface area contributed by atoms with Gasteiger partial charge in [-0.3, -0.25) is 0 Å². The van der Waals surface area contributed by atoms with Gasteiger partial charge in [-0.15, -0.1) is 5.11 Å². The van der Waals surface area contributed by atoms with E-state index in [9.17, 15) is 9.90 Å². The molecular weight excluding hydrogens is 248 g/mol. The third kappa shape index (κ3) is 2.86. The molecule has 0 saturated heterocycles. The number of carbonyl (C=O) groups is 1. The molecule has 2 aromatic carbocycles. The molecular formula is C13H10N2O4. The highest BCUT2D eigenvalue weighted by Gasteiger charge is 2.08. The highest BCUT2D eigenvalue weighted by atomic mass is 16.4. The standard InChI is InChI=1S/C13H10N2O4/c16-11-6-5-8(7-12(11)17)14-15-10-4-2-1-3-9(10)13(18)19/h1-7,16-17H,(H,18,19). The van der Waals surface area contributed by atoms with Gasteiger partial charge in [-0.05, 0) is 24.3 Å². The summed E-state index contributed by atoms with van der Waals surface area (Å²) in [6.45, 7) is 0. The summed E-state index contributed by atoms with van der Waals surface area (Å²) in [6.07, 6.45) is 0. The summed E-state index contributed by atoms with van der Waals surface area (Å²) < 4.78 is 0. The number of carboxylic acid groups (broad SMARTS) is 1. The van der Waals surface area contributed by atoms with Crippen molar-refractivity contribution in [3.8, 4) is 11.5 Å². The van der Waals surface area contributed by atoms with E-state index in [4.69, 9.17) is 10.2 Å². The quantitative estimate of drug-likeness (QED) is 0.581. The smallest absolute Gasteiger partial charge is 0.337 e. The lowest BCUT2D eigenvalue weighted by molar-refractivity contribution is 0.0697. The number of benzene rings is 2. The molecule has 96 valence electrons. The van der Waals surface area contributed by atoms with Gasteiger partial charge in [-0.25, -0.2) is 4.79 Å². The van der Waals surface area contributed by atoms with Crippen molar-refractivity contribution in [1.29, 1.82) is 0 Å². The third-order valence-corrected chi connectivity index (χ3v) is 2.37. The second kappa shape index (κ2) is 5.18. The van der Waals surface area contributed by atoms with Crippen LogP contribution in [-0.2, 0) is 0 Å². The number of carboxylic acids is 1. The summed E-state index contributed by atoms with van der Waals surface area (Å²) in [5.41, 5.74) is 0.548. The lowest BCUT2D eigenvalue weighted by atomic mass is 10.2. The fourth-order valence-electron chi connectivity index (χ4n) is 1.43. The van der Waals surface area contributed by atoms with Crippen LogP contribution < -0.4 is 0 Å². The van der Waals surface area contributed by atoms with Crippen LogP contribution in [-0.4, -0.2) is 21.3 Å². The molecule has 0 saturated carbocycles. The van der Waals surface area contributed by atoms with Crippen LogP contribution in [0, 0.1) is 0 Å². The number of phenols is 2. The van der Waals surface area contributed by atoms with Crippen molar-refractivity contribution in [3.63, 3.8) is 0 Å². The maximum atomic E-state index is 11.0. The molecule has 3 N–H and O–H groups in total. The van der Waals surface area contributed by atoms with Gasteiger partial charge in [0, 0.05) is 6.07 Å². The van der Waals surface area contributed by atoms with Crippen molar-refractivity contribution in [2.75, 3.05) is 0 Å². The number of rotatable bonds is 3. The number of nitrogens with zero attached hydrogens (tertiary/aromatic N) is 2. The second-order valence-corrected chi connectivity index (χ2v) is 3.70. The van der Waals surface area contributed by atoms with E-state index < -0.39 is 5.97 Å². The van der Waals surface area contributed by atoms with Gasteiger partial charge >= 0.3 is 5.97 Å². The van der Waals surface area contributed by atoms with Gasteiger partial charge in [-0.1, -0.05) is 12.1 Å². The zero-order valence-corrected chi connectivity index (χ0v) is 9.69. The Morgan fingerprint density at radius 1 is 0.947 bits per heavy atom. The van der Waals surface area contributed by atoms with Gasteiger partial charge in [0.15, 0.2) is 11.5 Å². The Morgan fingerprint density at radius 3 is 2.37 bits per heavy atom. The van der Waals surface area contributed by atoms with E-state index in [1.165, 1.54) is 30.3 Å². The minimum absolute atomic E-state index is 0.0363. The van der Waals surface area contributed by atoms with Gasteiger partial charge in [0.25, 0.3) is 0 Å². The molecule has 0 spiro atoms. The molecule has 0 aliphatic heterocycles. The van der Waals surface area contributed by atoms with E-state index in [1.807, 2.05) is 0 Å². The monoisotopic (exact) mass is 258 g/mol. The number of phenolic OH excluding ortho intramolecular Hbond substituents is 2. The molecule has 0 radical (unpaired) electrons. The van der Waals surface area contributed by atoms with Crippen LogP contribution in [0.2, 0.25) is 0 Å². The van der Waals surface area contributed by atoms with Crippen molar-refractivity contribution in [1.82, 2.24) is 0 Å². The van der Waals surface area contributed by atoms with Crippen molar-refractivity contribution in [3.05, 3.63) is 48.0 Å². The van der Waals surface area contributed by atoms with Gasteiger partial charge < -0.3 is 15.3 Å². The predicted octanol–water partition coefficient (Wildman–Crippen LogP) is 3.21. The number of hydrogen-bond donors (Lipinski definition) is 3. The fourth-order valence-corrected chi connectivity index (χ4v) is 1.43. The summed E-state index contributed by atoms with van der Waals surface area (Å²) in [4.78, 5) is 11.0. The lowest BCUT2D eigenvalue weighted by Crippen LogP contribution is -1.95. The molecule has 0 unspecified atom stereocenters.